The lowest BCUT2D eigenvalue weighted by atomic mass is 10.2. The van der Waals surface area contributed by atoms with Gasteiger partial charge in [0.1, 0.15) is 0 Å². The average Bonchev–Trinajstić information content (AvgIpc) is 3.19. The summed E-state index contributed by atoms with van der Waals surface area (Å²) in [6.07, 6.45) is 4.21. The monoisotopic (exact) mass is 359 g/mol. The molecule has 2 fully saturated rings. The first kappa shape index (κ1) is 16.1. The van der Waals surface area contributed by atoms with Crippen LogP contribution in [0.2, 0.25) is 0 Å². The van der Waals surface area contributed by atoms with Crippen molar-refractivity contribution >= 4 is 23.8 Å². The minimum absolute atomic E-state index is 0.547. The number of para-hydroxylation sites is 1. The molecule has 0 saturated carbocycles. The molecule has 0 spiro atoms. The van der Waals surface area contributed by atoms with Crippen molar-refractivity contribution < 1.29 is 4.21 Å². The van der Waals surface area contributed by atoms with Crippen LogP contribution in [-0.4, -0.2) is 34.3 Å². The Morgan fingerprint density at radius 3 is 2.46 bits per heavy atom. The number of nitrogens with zero attached hydrogens (tertiary/aromatic N) is 3. The Morgan fingerprint density at radius 2 is 1.75 bits per heavy atom. The molecule has 0 N–H and O–H groups in total. The number of hydrogen-bond donors (Lipinski definition) is 0. The highest BCUT2D eigenvalue weighted by Gasteiger charge is 2.43. The maximum absolute atomic E-state index is 13.3. The SMILES string of the molecule is CS(=O)(=NP1N(c2ccccc2)C[C@@H]2CCCN21)c1ccccc1. The van der Waals surface area contributed by atoms with Gasteiger partial charge in [-0.15, -0.1) is 0 Å². The van der Waals surface area contributed by atoms with E-state index < -0.39 is 18.1 Å². The Kier molecular flexibility index (Phi) is 4.33. The van der Waals surface area contributed by atoms with E-state index in [0.717, 1.165) is 18.0 Å². The maximum Gasteiger partial charge on any atom is 0.208 e. The number of anilines is 1. The Balaban J connectivity index is 1.75. The van der Waals surface area contributed by atoms with Crippen molar-refractivity contribution in [3.8, 4) is 0 Å². The molecule has 3 atom stereocenters. The van der Waals surface area contributed by atoms with Gasteiger partial charge in [0, 0.05) is 36.0 Å². The van der Waals surface area contributed by atoms with Crippen LogP contribution in [0.3, 0.4) is 0 Å². The highest BCUT2D eigenvalue weighted by Crippen LogP contribution is 2.58. The Morgan fingerprint density at radius 1 is 1.08 bits per heavy atom. The van der Waals surface area contributed by atoms with E-state index in [-0.39, 0.29) is 0 Å². The lowest BCUT2D eigenvalue weighted by Crippen LogP contribution is -2.20. The van der Waals surface area contributed by atoms with Crippen molar-refractivity contribution in [2.24, 2.45) is 4.13 Å². The van der Waals surface area contributed by atoms with Gasteiger partial charge in [-0.1, -0.05) is 36.4 Å². The molecule has 0 bridgehead atoms. The first-order valence-corrected chi connectivity index (χ1v) is 11.4. The third kappa shape index (κ3) is 2.97. The van der Waals surface area contributed by atoms with Gasteiger partial charge in [0.05, 0.1) is 9.73 Å². The molecule has 4 rings (SSSR count). The smallest absolute Gasteiger partial charge is 0.208 e. The minimum Gasteiger partial charge on any atom is -0.318 e. The maximum atomic E-state index is 13.3. The second-order valence-electron chi connectivity index (χ2n) is 6.34. The summed E-state index contributed by atoms with van der Waals surface area (Å²) in [6, 6.07) is 20.6. The Hall–Kier alpha value is -1.42. The van der Waals surface area contributed by atoms with Crippen molar-refractivity contribution in [2.45, 2.75) is 23.8 Å². The van der Waals surface area contributed by atoms with Gasteiger partial charge in [0.2, 0.25) is 8.37 Å². The normalized spacial score (nSPS) is 26.1. The average molecular weight is 359 g/mol. The molecule has 2 aromatic carbocycles. The van der Waals surface area contributed by atoms with E-state index in [1.807, 2.05) is 36.4 Å². The molecule has 0 amide bonds. The highest BCUT2D eigenvalue weighted by molar-refractivity contribution is 7.96. The summed E-state index contributed by atoms with van der Waals surface area (Å²) in [5, 5.41) is 0. The van der Waals surface area contributed by atoms with Crippen molar-refractivity contribution in [1.82, 2.24) is 4.67 Å². The summed E-state index contributed by atoms with van der Waals surface area (Å²) in [4.78, 5) is 0.822. The fourth-order valence-corrected chi connectivity index (χ4v) is 8.05. The lowest BCUT2D eigenvalue weighted by molar-refractivity contribution is 0.465. The van der Waals surface area contributed by atoms with Crippen LogP contribution in [0.4, 0.5) is 5.69 Å². The van der Waals surface area contributed by atoms with Crippen molar-refractivity contribution in [2.75, 3.05) is 24.0 Å². The largest absolute Gasteiger partial charge is 0.318 e. The molecular formula is C18H22N3OPS. The standard InChI is InChI=1S/C18H22N3OPS/c1-24(22,18-12-6-3-7-13-18)19-23-20-14-8-11-17(20)15-21(23)16-9-4-2-5-10-16/h2-7,9-10,12-13,17H,8,11,14-15H2,1H3/t17-,23?,24?/m0/s1. The summed E-state index contributed by atoms with van der Waals surface area (Å²) >= 11 is 0. The molecule has 0 aliphatic carbocycles. The van der Waals surface area contributed by atoms with Gasteiger partial charge in [-0.05, 0) is 37.1 Å². The molecule has 0 radical (unpaired) electrons. The molecule has 2 heterocycles. The summed E-state index contributed by atoms with van der Waals surface area (Å²) in [7, 11) is -3.32. The summed E-state index contributed by atoms with van der Waals surface area (Å²) in [5.41, 5.74) is 1.19. The van der Waals surface area contributed by atoms with Gasteiger partial charge in [-0.2, -0.15) is 4.13 Å². The third-order valence-corrected chi connectivity index (χ3v) is 9.43. The van der Waals surface area contributed by atoms with Gasteiger partial charge in [0.15, 0.2) is 0 Å². The van der Waals surface area contributed by atoms with Crippen molar-refractivity contribution in [3.63, 3.8) is 0 Å². The summed E-state index contributed by atoms with van der Waals surface area (Å²) in [6.45, 7) is 2.05. The Bertz CT molecular complexity index is 821. The molecule has 4 nitrogen and oxygen atoms in total. The zero-order chi connectivity index (χ0) is 16.6. The zero-order valence-electron chi connectivity index (χ0n) is 13.8. The fourth-order valence-electron chi connectivity index (χ4n) is 3.41. The molecule has 126 valence electrons. The molecule has 24 heavy (non-hydrogen) atoms. The summed E-state index contributed by atoms with van der Waals surface area (Å²) in [5.74, 6) is 0. The van der Waals surface area contributed by atoms with E-state index >= 15 is 0 Å². The molecule has 0 aromatic heterocycles. The quantitative estimate of drug-likeness (QED) is 0.764. The fraction of sp³-hybridized carbons (Fsp3) is 0.333. The molecule has 2 aliphatic rings. The first-order valence-electron chi connectivity index (χ1n) is 8.31. The molecule has 2 unspecified atom stereocenters. The van der Waals surface area contributed by atoms with E-state index in [0.29, 0.717) is 6.04 Å². The molecule has 6 heteroatoms. The van der Waals surface area contributed by atoms with Gasteiger partial charge in [-0.3, -0.25) is 0 Å². The van der Waals surface area contributed by atoms with Crippen LogP contribution < -0.4 is 4.67 Å². The first-order chi connectivity index (χ1) is 11.6. The summed E-state index contributed by atoms with van der Waals surface area (Å²) < 4.78 is 23.1. The van der Waals surface area contributed by atoms with Crippen LogP contribution >= 0.6 is 8.37 Å². The molecule has 2 saturated heterocycles. The Labute approximate surface area is 145 Å². The van der Waals surface area contributed by atoms with Crippen LogP contribution in [0, 0.1) is 0 Å². The number of rotatable bonds is 3. The van der Waals surface area contributed by atoms with Crippen molar-refractivity contribution in [3.05, 3.63) is 60.7 Å². The van der Waals surface area contributed by atoms with E-state index in [2.05, 4.69) is 33.6 Å². The minimum atomic E-state index is -2.40. The van der Waals surface area contributed by atoms with E-state index in [1.165, 1.54) is 18.5 Å². The number of benzene rings is 2. The van der Waals surface area contributed by atoms with Gasteiger partial charge in [0.25, 0.3) is 0 Å². The zero-order valence-corrected chi connectivity index (χ0v) is 15.5. The predicted octanol–water partition coefficient (Wildman–Crippen LogP) is 4.35. The van der Waals surface area contributed by atoms with E-state index in [4.69, 9.17) is 4.13 Å². The number of hydrogen-bond acceptors (Lipinski definition) is 4. The van der Waals surface area contributed by atoms with E-state index in [9.17, 15) is 4.21 Å². The molecular weight excluding hydrogens is 337 g/mol. The van der Waals surface area contributed by atoms with Gasteiger partial charge >= 0.3 is 0 Å². The van der Waals surface area contributed by atoms with Crippen molar-refractivity contribution in [1.29, 1.82) is 0 Å². The van der Waals surface area contributed by atoms with Crippen LogP contribution in [0.25, 0.3) is 0 Å². The highest BCUT2D eigenvalue weighted by atomic mass is 32.2. The van der Waals surface area contributed by atoms with E-state index in [1.54, 1.807) is 6.26 Å². The third-order valence-electron chi connectivity index (χ3n) is 4.64. The molecule has 2 aromatic rings. The van der Waals surface area contributed by atoms with Crippen LogP contribution in [0.15, 0.2) is 69.7 Å². The van der Waals surface area contributed by atoms with Gasteiger partial charge in [-0.25, -0.2) is 8.88 Å². The topological polar surface area (TPSA) is 35.9 Å². The van der Waals surface area contributed by atoms with Crippen LogP contribution in [0.1, 0.15) is 12.8 Å². The van der Waals surface area contributed by atoms with Gasteiger partial charge < -0.3 is 4.67 Å². The molecule has 2 aliphatic heterocycles. The predicted molar refractivity (Wildman–Crippen MR) is 102 cm³/mol. The van der Waals surface area contributed by atoms with Crippen LogP contribution in [0.5, 0.6) is 0 Å². The lowest BCUT2D eigenvalue weighted by Gasteiger charge is -2.26. The second-order valence-corrected chi connectivity index (χ2v) is 10.6. The van der Waals surface area contributed by atoms with Crippen LogP contribution in [-0.2, 0) is 9.73 Å². The second kappa shape index (κ2) is 6.47. The number of fused-ring (bicyclic) bond motifs is 1.